The van der Waals surface area contributed by atoms with E-state index >= 15 is 0 Å². The first-order valence-electron chi connectivity index (χ1n) is 6.31. The van der Waals surface area contributed by atoms with E-state index in [0.29, 0.717) is 16.7 Å². The van der Waals surface area contributed by atoms with Crippen LogP contribution in [0.2, 0.25) is 0 Å². The van der Waals surface area contributed by atoms with E-state index in [1.54, 1.807) is 48.5 Å². The molecule has 0 fully saturated rings. The van der Waals surface area contributed by atoms with Gasteiger partial charge >= 0.3 is 0 Å². The van der Waals surface area contributed by atoms with Crippen LogP contribution in [0, 0.1) is 0 Å². The molecule has 0 aliphatic rings. The van der Waals surface area contributed by atoms with Crippen LogP contribution in [0.5, 0.6) is 0 Å². The van der Waals surface area contributed by atoms with E-state index in [4.69, 9.17) is 5.11 Å². The first-order chi connectivity index (χ1) is 9.65. The second-order valence-electron chi connectivity index (χ2n) is 4.48. The summed E-state index contributed by atoms with van der Waals surface area (Å²) in [6.07, 6.45) is -2.62. The molecule has 2 unspecified atom stereocenters. The Balaban J connectivity index is 2.40. The van der Waals surface area contributed by atoms with Crippen molar-refractivity contribution in [3.05, 3.63) is 71.3 Å². The van der Waals surface area contributed by atoms with Crippen molar-refractivity contribution >= 4 is 5.78 Å². The van der Waals surface area contributed by atoms with E-state index in [0.717, 1.165) is 0 Å². The van der Waals surface area contributed by atoms with Crippen LogP contribution in [-0.2, 0) is 0 Å². The summed E-state index contributed by atoms with van der Waals surface area (Å²) in [6, 6.07) is 15.2. The minimum Gasteiger partial charge on any atom is -0.394 e. The summed E-state index contributed by atoms with van der Waals surface area (Å²) in [4.78, 5) is 12.4. The summed E-state index contributed by atoms with van der Waals surface area (Å²) in [7, 11) is 0. The Bertz CT molecular complexity index is 580. The number of ketones is 1. The molecule has 0 aliphatic carbocycles. The van der Waals surface area contributed by atoms with Gasteiger partial charge in [-0.1, -0.05) is 54.6 Å². The first kappa shape index (κ1) is 14.4. The normalized spacial score (nSPS) is 13.8. The molecule has 4 nitrogen and oxygen atoms in total. The Morgan fingerprint density at radius 3 is 2.20 bits per heavy atom. The fourth-order valence-corrected chi connectivity index (χ4v) is 2.01. The Morgan fingerprint density at radius 1 is 0.950 bits per heavy atom. The number of hydrogen-bond acceptors (Lipinski definition) is 4. The predicted molar refractivity (Wildman–Crippen MR) is 74.4 cm³/mol. The molecule has 20 heavy (non-hydrogen) atoms. The Hall–Kier alpha value is -2.01. The van der Waals surface area contributed by atoms with E-state index in [-0.39, 0.29) is 5.78 Å². The summed E-state index contributed by atoms with van der Waals surface area (Å²) in [5, 5.41) is 28.5. The summed E-state index contributed by atoms with van der Waals surface area (Å²) in [6.45, 7) is -0.574. The quantitative estimate of drug-likeness (QED) is 0.717. The van der Waals surface area contributed by atoms with Gasteiger partial charge in [-0.2, -0.15) is 0 Å². The van der Waals surface area contributed by atoms with Crippen LogP contribution in [0.3, 0.4) is 0 Å². The molecule has 0 aromatic heterocycles. The lowest BCUT2D eigenvalue weighted by Gasteiger charge is -2.18. The van der Waals surface area contributed by atoms with Gasteiger partial charge in [0, 0.05) is 11.1 Å². The van der Waals surface area contributed by atoms with E-state index in [2.05, 4.69) is 0 Å². The lowest BCUT2D eigenvalue weighted by atomic mass is 9.93. The lowest BCUT2D eigenvalue weighted by Crippen LogP contribution is -2.24. The Kier molecular flexibility index (Phi) is 4.63. The zero-order valence-electron chi connectivity index (χ0n) is 10.8. The van der Waals surface area contributed by atoms with Gasteiger partial charge in [-0.15, -0.1) is 0 Å². The van der Waals surface area contributed by atoms with Crippen molar-refractivity contribution in [3.8, 4) is 0 Å². The van der Waals surface area contributed by atoms with Gasteiger partial charge < -0.3 is 15.3 Å². The largest absolute Gasteiger partial charge is 0.394 e. The van der Waals surface area contributed by atoms with Gasteiger partial charge in [0.15, 0.2) is 5.78 Å². The number of rotatable bonds is 5. The topological polar surface area (TPSA) is 77.8 Å². The molecule has 2 rings (SSSR count). The Labute approximate surface area is 116 Å². The standard InChI is InChI=1S/C16H16O4/c17-10-14(18)16(20)13-9-5-4-8-12(13)15(19)11-6-2-1-3-7-11/h1-9,14,16-18,20H,10H2. The number of hydrogen-bond donors (Lipinski definition) is 3. The number of aliphatic hydroxyl groups is 3. The smallest absolute Gasteiger partial charge is 0.193 e. The highest BCUT2D eigenvalue weighted by molar-refractivity contribution is 6.09. The fraction of sp³-hybridized carbons (Fsp3) is 0.188. The summed E-state index contributed by atoms with van der Waals surface area (Å²) < 4.78 is 0. The summed E-state index contributed by atoms with van der Waals surface area (Å²) in [5.74, 6) is -0.231. The van der Waals surface area contributed by atoms with Crippen LogP contribution in [0.1, 0.15) is 27.6 Å². The molecule has 0 saturated carbocycles. The first-order valence-corrected chi connectivity index (χ1v) is 6.31. The van der Waals surface area contributed by atoms with Gasteiger partial charge in [0.1, 0.15) is 12.2 Å². The van der Waals surface area contributed by atoms with E-state index < -0.39 is 18.8 Å². The van der Waals surface area contributed by atoms with Crippen molar-refractivity contribution < 1.29 is 20.1 Å². The molecule has 104 valence electrons. The van der Waals surface area contributed by atoms with Gasteiger partial charge in [0.25, 0.3) is 0 Å². The molecule has 0 bridgehead atoms. The minimum absolute atomic E-state index is 0.231. The van der Waals surface area contributed by atoms with Crippen molar-refractivity contribution in [2.45, 2.75) is 12.2 Å². The molecule has 0 heterocycles. The molecule has 0 radical (unpaired) electrons. The average molecular weight is 272 g/mol. The Morgan fingerprint density at radius 2 is 1.55 bits per heavy atom. The zero-order chi connectivity index (χ0) is 14.5. The maximum absolute atomic E-state index is 12.4. The van der Waals surface area contributed by atoms with Crippen LogP contribution in [-0.4, -0.2) is 33.8 Å². The van der Waals surface area contributed by atoms with Crippen LogP contribution in [0.25, 0.3) is 0 Å². The summed E-state index contributed by atoms with van der Waals surface area (Å²) in [5.41, 5.74) is 1.13. The van der Waals surface area contributed by atoms with E-state index in [9.17, 15) is 15.0 Å². The molecule has 0 saturated heterocycles. The zero-order valence-corrected chi connectivity index (χ0v) is 10.8. The third-order valence-corrected chi connectivity index (χ3v) is 3.11. The molecule has 0 amide bonds. The van der Waals surface area contributed by atoms with Crippen molar-refractivity contribution in [1.29, 1.82) is 0 Å². The van der Waals surface area contributed by atoms with Crippen LogP contribution >= 0.6 is 0 Å². The van der Waals surface area contributed by atoms with E-state index in [1.165, 1.54) is 0 Å². The average Bonchev–Trinajstić information content (AvgIpc) is 2.53. The monoisotopic (exact) mass is 272 g/mol. The second kappa shape index (κ2) is 6.43. The van der Waals surface area contributed by atoms with Crippen LogP contribution < -0.4 is 0 Å². The minimum atomic E-state index is -1.32. The molecular formula is C16H16O4. The number of benzene rings is 2. The second-order valence-corrected chi connectivity index (χ2v) is 4.48. The summed E-state index contributed by atoms with van der Waals surface area (Å²) >= 11 is 0. The van der Waals surface area contributed by atoms with Gasteiger partial charge in [0.05, 0.1) is 6.61 Å². The molecule has 0 aliphatic heterocycles. The molecule has 2 atom stereocenters. The van der Waals surface area contributed by atoms with Gasteiger partial charge in [-0.05, 0) is 5.56 Å². The van der Waals surface area contributed by atoms with Crippen molar-refractivity contribution in [2.24, 2.45) is 0 Å². The molecule has 2 aromatic rings. The number of carbonyl (C=O) groups excluding carboxylic acids is 1. The molecule has 2 aromatic carbocycles. The predicted octanol–water partition coefficient (Wildman–Crippen LogP) is 1.30. The van der Waals surface area contributed by atoms with Crippen molar-refractivity contribution in [3.63, 3.8) is 0 Å². The maximum atomic E-state index is 12.4. The molecule has 0 spiro atoms. The third-order valence-electron chi connectivity index (χ3n) is 3.11. The third kappa shape index (κ3) is 2.93. The maximum Gasteiger partial charge on any atom is 0.193 e. The number of carbonyl (C=O) groups is 1. The highest BCUT2D eigenvalue weighted by atomic mass is 16.4. The highest BCUT2D eigenvalue weighted by Crippen LogP contribution is 2.23. The van der Waals surface area contributed by atoms with E-state index in [1.807, 2.05) is 6.07 Å². The highest BCUT2D eigenvalue weighted by Gasteiger charge is 2.23. The van der Waals surface area contributed by atoms with Crippen molar-refractivity contribution in [2.75, 3.05) is 6.61 Å². The SMILES string of the molecule is O=C(c1ccccc1)c1ccccc1C(O)C(O)CO. The van der Waals surface area contributed by atoms with Gasteiger partial charge in [-0.25, -0.2) is 0 Å². The van der Waals surface area contributed by atoms with Gasteiger partial charge in [-0.3, -0.25) is 4.79 Å². The number of aliphatic hydroxyl groups excluding tert-OH is 3. The lowest BCUT2D eigenvalue weighted by molar-refractivity contribution is -0.0155. The molecular weight excluding hydrogens is 256 g/mol. The fourth-order valence-electron chi connectivity index (χ4n) is 2.01. The van der Waals surface area contributed by atoms with Gasteiger partial charge in [0.2, 0.25) is 0 Å². The molecule has 3 N–H and O–H groups in total. The van der Waals surface area contributed by atoms with Crippen molar-refractivity contribution in [1.82, 2.24) is 0 Å². The molecule has 4 heteroatoms. The van der Waals surface area contributed by atoms with Crippen LogP contribution in [0.4, 0.5) is 0 Å². The van der Waals surface area contributed by atoms with Crippen LogP contribution in [0.15, 0.2) is 54.6 Å².